The minimum absolute atomic E-state index is 0.342. The fourth-order valence-corrected chi connectivity index (χ4v) is 2.37. The Morgan fingerprint density at radius 1 is 1.28 bits per heavy atom. The normalized spacial score (nSPS) is 12.4. The van der Waals surface area contributed by atoms with Crippen LogP contribution in [0.25, 0.3) is 0 Å². The van der Waals surface area contributed by atoms with Crippen molar-refractivity contribution in [2.45, 2.75) is 45.1 Å². The molecule has 1 unspecified atom stereocenters. The summed E-state index contributed by atoms with van der Waals surface area (Å²) in [5, 5.41) is 4.09. The molecular weight excluding hydrogens is 246 g/mol. The highest BCUT2D eigenvalue weighted by atomic mass is 35.5. The summed E-state index contributed by atoms with van der Waals surface area (Å²) in [5.74, 6) is 0.873. The molecule has 0 radical (unpaired) electrons. The molecule has 0 spiro atoms. The second kappa shape index (κ2) is 8.39. The molecular formula is C15H24ClNO. The van der Waals surface area contributed by atoms with Crippen LogP contribution in [0.1, 0.15) is 50.6 Å². The number of halogens is 1. The molecule has 2 nitrogen and oxygen atoms in total. The Hall–Kier alpha value is -0.730. The molecule has 0 aliphatic rings. The second-order valence-corrected chi connectivity index (χ2v) is 5.01. The SMILES string of the molecule is CCCCCCC(NC)c1ccc(Cl)cc1OC. The van der Waals surface area contributed by atoms with Crippen molar-refractivity contribution < 1.29 is 4.74 Å². The first-order valence-corrected chi connectivity index (χ1v) is 7.11. The maximum Gasteiger partial charge on any atom is 0.125 e. The van der Waals surface area contributed by atoms with Crippen molar-refractivity contribution in [1.82, 2.24) is 5.32 Å². The van der Waals surface area contributed by atoms with Crippen LogP contribution in [0.2, 0.25) is 5.02 Å². The van der Waals surface area contributed by atoms with Crippen molar-refractivity contribution in [2.24, 2.45) is 0 Å². The van der Waals surface area contributed by atoms with Gasteiger partial charge in [0.25, 0.3) is 0 Å². The van der Waals surface area contributed by atoms with Crippen LogP contribution in [0.5, 0.6) is 5.75 Å². The number of methoxy groups -OCH3 is 1. The number of rotatable bonds is 8. The Morgan fingerprint density at radius 3 is 2.67 bits per heavy atom. The Bertz CT molecular complexity index is 354. The molecule has 102 valence electrons. The molecule has 1 rings (SSSR count). The van der Waals surface area contributed by atoms with Crippen molar-refractivity contribution in [3.05, 3.63) is 28.8 Å². The van der Waals surface area contributed by atoms with E-state index in [0.717, 1.165) is 17.2 Å². The first-order valence-electron chi connectivity index (χ1n) is 6.73. The topological polar surface area (TPSA) is 21.3 Å². The van der Waals surface area contributed by atoms with Crippen molar-refractivity contribution >= 4 is 11.6 Å². The van der Waals surface area contributed by atoms with E-state index in [2.05, 4.69) is 18.3 Å². The van der Waals surface area contributed by atoms with E-state index in [1.165, 1.54) is 31.2 Å². The van der Waals surface area contributed by atoms with E-state index >= 15 is 0 Å². The fraction of sp³-hybridized carbons (Fsp3) is 0.600. The van der Waals surface area contributed by atoms with Gasteiger partial charge in [-0.15, -0.1) is 0 Å². The van der Waals surface area contributed by atoms with E-state index in [-0.39, 0.29) is 0 Å². The van der Waals surface area contributed by atoms with Crippen LogP contribution in [0.4, 0.5) is 0 Å². The molecule has 1 aromatic carbocycles. The average molecular weight is 270 g/mol. The molecule has 0 aliphatic heterocycles. The number of benzene rings is 1. The summed E-state index contributed by atoms with van der Waals surface area (Å²) in [4.78, 5) is 0. The zero-order chi connectivity index (χ0) is 13.4. The van der Waals surface area contributed by atoms with E-state index in [0.29, 0.717) is 6.04 Å². The highest BCUT2D eigenvalue weighted by Crippen LogP contribution is 2.30. The summed E-state index contributed by atoms with van der Waals surface area (Å²) >= 11 is 5.99. The van der Waals surface area contributed by atoms with Crippen molar-refractivity contribution in [1.29, 1.82) is 0 Å². The van der Waals surface area contributed by atoms with Gasteiger partial charge in [-0.05, 0) is 25.6 Å². The molecule has 1 N–H and O–H groups in total. The Kier molecular flexibility index (Phi) is 7.14. The van der Waals surface area contributed by atoms with Crippen LogP contribution >= 0.6 is 11.6 Å². The summed E-state index contributed by atoms with van der Waals surface area (Å²) < 4.78 is 5.41. The molecule has 0 bridgehead atoms. The summed E-state index contributed by atoms with van der Waals surface area (Å²) in [5.41, 5.74) is 1.20. The summed E-state index contributed by atoms with van der Waals surface area (Å²) in [7, 11) is 3.69. The lowest BCUT2D eigenvalue weighted by Gasteiger charge is -2.19. The van der Waals surface area contributed by atoms with E-state index in [1.807, 2.05) is 19.2 Å². The van der Waals surface area contributed by atoms with Gasteiger partial charge < -0.3 is 10.1 Å². The van der Waals surface area contributed by atoms with Gasteiger partial charge in [-0.1, -0.05) is 50.3 Å². The van der Waals surface area contributed by atoms with Gasteiger partial charge in [0.2, 0.25) is 0 Å². The molecule has 18 heavy (non-hydrogen) atoms. The molecule has 0 aromatic heterocycles. The number of hydrogen-bond acceptors (Lipinski definition) is 2. The third-order valence-electron chi connectivity index (χ3n) is 3.27. The minimum atomic E-state index is 0.342. The molecule has 0 saturated carbocycles. The van der Waals surface area contributed by atoms with Gasteiger partial charge in [0, 0.05) is 16.6 Å². The van der Waals surface area contributed by atoms with Gasteiger partial charge in [-0.3, -0.25) is 0 Å². The third-order valence-corrected chi connectivity index (χ3v) is 3.50. The Balaban J connectivity index is 2.69. The lowest BCUT2D eigenvalue weighted by Crippen LogP contribution is -2.17. The average Bonchev–Trinajstić information content (AvgIpc) is 2.39. The van der Waals surface area contributed by atoms with Crippen LogP contribution in [0, 0.1) is 0 Å². The maximum atomic E-state index is 5.99. The van der Waals surface area contributed by atoms with E-state index in [4.69, 9.17) is 16.3 Å². The first-order chi connectivity index (χ1) is 8.72. The van der Waals surface area contributed by atoms with Gasteiger partial charge in [-0.2, -0.15) is 0 Å². The predicted octanol–water partition coefficient (Wildman–Crippen LogP) is 4.58. The standard InChI is InChI=1S/C15H24ClNO/c1-4-5-6-7-8-14(17-2)13-10-9-12(16)11-15(13)18-3/h9-11,14,17H,4-8H2,1-3H3. The fourth-order valence-electron chi connectivity index (χ4n) is 2.20. The number of ether oxygens (including phenoxy) is 1. The molecule has 0 fully saturated rings. The van der Waals surface area contributed by atoms with Gasteiger partial charge in [0.15, 0.2) is 0 Å². The predicted molar refractivity (Wildman–Crippen MR) is 78.6 cm³/mol. The number of unbranched alkanes of at least 4 members (excludes halogenated alkanes) is 3. The second-order valence-electron chi connectivity index (χ2n) is 4.58. The maximum absolute atomic E-state index is 5.99. The van der Waals surface area contributed by atoms with Gasteiger partial charge in [0.05, 0.1) is 7.11 Å². The quantitative estimate of drug-likeness (QED) is 0.698. The largest absolute Gasteiger partial charge is 0.496 e. The zero-order valence-corrected chi connectivity index (χ0v) is 12.4. The van der Waals surface area contributed by atoms with Crippen LogP contribution in [-0.4, -0.2) is 14.2 Å². The zero-order valence-electron chi connectivity index (χ0n) is 11.6. The van der Waals surface area contributed by atoms with E-state index in [9.17, 15) is 0 Å². The lowest BCUT2D eigenvalue weighted by atomic mass is 9.99. The van der Waals surface area contributed by atoms with E-state index in [1.54, 1.807) is 7.11 Å². The molecule has 1 atom stereocenters. The van der Waals surface area contributed by atoms with Gasteiger partial charge in [0.1, 0.15) is 5.75 Å². The third kappa shape index (κ3) is 4.51. The van der Waals surface area contributed by atoms with Crippen LogP contribution < -0.4 is 10.1 Å². The number of nitrogens with one attached hydrogen (secondary N) is 1. The molecule has 0 saturated heterocycles. The Labute approximate surface area is 116 Å². The Morgan fingerprint density at radius 2 is 2.06 bits per heavy atom. The summed E-state index contributed by atoms with van der Waals surface area (Å²) in [6.07, 6.45) is 6.26. The van der Waals surface area contributed by atoms with Crippen LogP contribution in [0.3, 0.4) is 0 Å². The summed E-state index contributed by atoms with van der Waals surface area (Å²) in [6, 6.07) is 6.21. The molecule has 3 heteroatoms. The molecule has 0 aliphatic carbocycles. The minimum Gasteiger partial charge on any atom is -0.496 e. The monoisotopic (exact) mass is 269 g/mol. The number of hydrogen-bond donors (Lipinski definition) is 1. The first kappa shape index (κ1) is 15.3. The van der Waals surface area contributed by atoms with Gasteiger partial charge in [-0.25, -0.2) is 0 Å². The lowest BCUT2D eigenvalue weighted by molar-refractivity contribution is 0.396. The van der Waals surface area contributed by atoms with Gasteiger partial charge >= 0.3 is 0 Å². The highest BCUT2D eigenvalue weighted by Gasteiger charge is 2.14. The molecule has 0 heterocycles. The molecule has 1 aromatic rings. The van der Waals surface area contributed by atoms with Crippen molar-refractivity contribution in [3.8, 4) is 5.75 Å². The van der Waals surface area contributed by atoms with E-state index < -0.39 is 0 Å². The smallest absolute Gasteiger partial charge is 0.125 e. The van der Waals surface area contributed by atoms with Crippen molar-refractivity contribution in [3.63, 3.8) is 0 Å². The van der Waals surface area contributed by atoms with Crippen LogP contribution in [0.15, 0.2) is 18.2 Å². The van der Waals surface area contributed by atoms with Crippen LogP contribution in [-0.2, 0) is 0 Å². The molecule has 0 amide bonds. The van der Waals surface area contributed by atoms with Crippen molar-refractivity contribution in [2.75, 3.05) is 14.2 Å². The highest BCUT2D eigenvalue weighted by molar-refractivity contribution is 6.30. The summed E-state index contributed by atoms with van der Waals surface area (Å²) in [6.45, 7) is 2.23.